The molecule has 3 rings (SSSR count). The summed E-state index contributed by atoms with van der Waals surface area (Å²) in [6.07, 6.45) is 5.17. The molecule has 1 aliphatic rings. The molecule has 0 bridgehead atoms. The summed E-state index contributed by atoms with van der Waals surface area (Å²) in [6.45, 7) is 2.19. The molecule has 0 saturated heterocycles. The second kappa shape index (κ2) is 13.5. The van der Waals surface area contributed by atoms with Crippen molar-refractivity contribution in [1.29, 1.82) is 0 Å². The van der Waals surface area contributed by atoms with Crippen LogP contribution < -0.4 is 10.6 Å². The number of nitrogens with one attached hydrogen (secondary N) is 2. The van der Waals surface area contributed by atoms with E-state index in [4.69, 9.17) is 4.98 Å². The predicted octanol–water partition coefficient (Wildman–Crippen LogP) is 4.23. The Morgan fingerprint density at radius 3 is 2.82 bits per heavy atom. The maximum Gasteiger partial charge on any atom is 0.326 e. The van der Waals surface area contributed by atoms with Gasteiger partial charge >= 0.3 is 5.97 Å². The van der Waals surface area contributed by atoms with Crippen LogP contribution in [0.3, 0.4) is 0 Å². The highest BCUT2D eigenvalue weighted by atomic mass is 79.9. The van der Waals surface area contributed by atoms with Crippen molar-refractivity contribution in [1.82, 2.24) is 19.9 Å². The number of fused-ring (bicyclic) bond motifs is 1. The number of alkyl halides is 2. The first kappa shape index (κ1) is 26.2. The number of aromatic nitrogens is 3. The summed E-state index contributed by atoms with van der Waals surface area (Å²) in [4.78, 5) is 26.3. The van der Waals surface area contributed by atoms with Gasteiger partial charge in [0.2, 0.25) is 6.43 Å². The van der Waals surface area contributed by atoms with Crippen LogP contribution in [-0.2, 0) is 17.6 Å². The number of nitrogens with zero attached hydrogens (tertiary/aromatic N) is 4. The van der Waals surface area contributed by atoms with Gasteiger partial charge in [-0.2, -0.15) is 0 Å². The van der Waals surface area contributed by atoms with Gasteiger partial charge in [-0.05, 0) is 72.6 Å². The van der Waals surface area contributed by atoms with E-state index in [0.29, 0.717) is 23.4 Å². The van der Waals surface area contributed by atoms with E-state index in [0.717, 1.165) is 50.2 Å². The molecular formula is C23H31BrF2N6O2. The topological polar surface area (TPSA) is 103 Å². The molecule has 0 radical (unpaired) electrons. The standard InChI is InChI=1S/C23H31BrF2N6O2/c24-18-14-27-15-29-22(18)31-19(23(33)34)8-12-32(13-9-20(25)26)11-2-1-5-17-7-6-16-4-3-10-28-21(16)30-17/h6-7,14-15,19-20H,1-5,8-13H2,(H,28,30)(H,33,34)(H,27,29,31)/t19-/m0/s1. The summed E-state index contributed by atoms with van der Waals surface area (Å²) in [5, 5.41) is 15.8. The lowest BCUT2D eigenvalue weighted by atomic mass is 10.1. The zero-order chi connectivity index (χ0) is 24.3. The molecular weight excluding hydrogens is 510 g/mol. The first-order chi connectivity index (χ1) is 16.4. The Hall–Kier alpha value is -2.40. The SMILES string of the molecule is O=C(O)[C@H](CCN(CCCCc1ccc2c(n1)NCCC2)CCC(F)F)Nc1ncncc1Br. The summed E-state index contributed by atoms with van der Waals surface area (Å²) in [5.41, 5.74) is 2.28. The summed E-state index contributed by atoms with van der Waals surface area (Å²) < 4.78 is 26.2. The number of halogens is 3. The van der Waals surface area contributed by atoms with Crippen molar-refractivity contribution >= 4 is 33.5 Å². The Labute approximate surface area is 206 Å². The van der Waals surface area contributed by atoms with E-state index in [1.807, 2.05) is 4.90 Å². The Morgan fingerprint density at radius 2 is 2.06 bits per heavy atom. The van der Waals surface area contributed by atoms with Crippen molar-refractivity contribution in [2.75, 3.05) is 36.8 Å². The molecule has 3 heterocycles. The average molecular weight is 541 g/mol. The van der Waals surface area contributed by atoms with E-state index in [2.05, 4.69) is 48.7 Å². The number of carboxylic acids is 1. The van der Waals surface area contributed by atoms with Crippen molar-refractivity contribution in [3.63, 3.8) is 0 Å². The number of unbranched alkanes of at least 4 members (excludes halogenated alkanes) is 1. The molecule has 2 aromatic heterocycles. The normalized spacial score (nSPS) is 14.0. The van der Waals surface area contributed by atoms with Crippen molar-refractivity contribution in [2.45, 2.75) is 57.4 Å². The lowest BCUT2D eigenvalue weighted by molar-refractivity contribution is -0.138. The van der Waals surface area contributed by atoms with Gasteiger partial charge in [-0.15, -0.1) is 0 Å². The molecule has 11 heteroatoms. The number of pyridine rings is 1. The van der Waals surface area contributed by atoms with Crippen LogP contribution in [0.4, 0.5) is 20.4 Å². The number of hydrogen-bond donors (Lipinski definition) is 3. The number of carboxylic acid groups (broad SMARTS) is 1. The molecule has 0 amide bonds. The molecule has 0 saturated carbocycles. The second-order valence-corrected chi connectivity index (χ2v) is 9.22. The van der Waals surface area contributed by atoms with E-state index in [1.165, 1.54) is 18.1 Å². The van der Waals surface area contributed by atoms with Crippen molar-refractivity contribution in [3.05, 3.63) is 40.4 Å². The smallest absolute Gasteiger partial charge is 0.326 e. The third kappa shape index (κ3) is 8.43. The minimum Gasteiger partial charge on any atom is -0.480 e. The number of aryl methyl sites for hydroxylation is 2. The van der Waals surface area contributed by atoms with E-state index >= 15 is 0 Å². The number of hydrogen-bond acceptors (Lipinski definition) is 7. The highest BCUT2D eigenvalue weighted by Gasteiger charge is 2.21. The quantitative estimate of drug-likeness (QED) is 0.306. The molecule has 1 aliphatic heterocycles. The van der Waals surface area contributed by atoms with E-state index in [1.54, 1.807) is 0 Å². The van der Waals surface area contributed by atoms with Gasteiger partial charge in [0.05, 0.1) is 4.47 Å². The summed E-state index contributed by atoms with van der Waals surface area (Å²) in [6, 6.07) is 3.30. The molecule has 0 spiro atoms. The number of anilines is 2. The largest absolute Gasteiger partial charge is 0.480 e. The summed E-state index contributed by atoms with van der Waals surface area (Å²) >= 11 is 3.29. The highest BCUT2D eigenvalue weighted by molar-refractivity contribution is 9.10. The molecule has 2 aromatic rings. The van der Waals surface area contributed by atoms with Crippen LogP contribution in [0, 0.1) is 0 Å². The summed E-state index contributed by atoms with van der Waals surface area (Å²) in [7, 11) is 0. The van der Waals surface area contributed by atoms with Crippen LogP contribution in [0.25, 0.3) is 0 Å². The molecule has 0 unspecified atom stereocenters. The molecule has 1 atom stereocenters. The highest BCUT2D eigenvalue weighted by Crippen LogP contribution is 2.21. The minimum absolute atomic E-state index is 0.224. The van der Waals surface area contributed by atoms with Crippen molar-refractivity contribution in [2.24, 2.45) is 0 Å². The van der Waals surface area contributed by atoms with Gasteiger partial charge in [0.25, 0.3) is 0 Å². The Kier molecular flexibility index (Phi) is 10.4. The van der Waals surface area contributed by atoms with Gasteiger partial charge in [0.1, 0.15) is 24.0 Å². The maximum absolute atomic E-state index is 12.8. The summed E-state index contributed by atoms with van der Waals surface area (Å²) in [5.74, 6) is 0.338. The van der Waals surface area contributed by atoms with Gasteiger partial charge in [0, 0.05) is 37.9 Å². The van der Waals surface area contributed by atoms with Crippen LogP contribution in [-0.4, -0.2) is 69.6 Å². The van der Waals surface area contributed by atoms with Crippen molar-refractivity contribution in [3.8, 4) is 0 Å². The lowest BCUT2D eigenvalue weighted by Crippen LogP contribution is -2.36. The third-order valence-electron chi connectivity index (χ3n) is 5.78. The maximum atomic E-state index is 12.8. The molecule has 0 aliphatic carbocycles. The zero-order valence-corrected chi connectivity index (χ0v) is 20.6. The molecule has 34 heavy (non-hydrogen) atoms. The van der Waals surface area contributed by atoms with E-state index in [9.17, 15) is 18.7 Å². The van der Waals surface area contributed by atoms with Gasteiger partial charge < -0.3 is 20.6 Å². The first-order valence-corrected chi connectivity index (χ1v) is 12.4. The molecule has 3 N–H and O–H groups in total. The number of rotatable bonds is 14. The van der Waals surface area contributed by atoms with Crippen molar-refractivity contribution < 1.29 is 18.7 Å². The van der Waals surface area contributed by atoms with Gasteiger partial charge in [-0.25, -0.2) is 28.5 Å². The molecule has 0 fully saturated rings. The predicted molar refractivity (Wildman–Crippen MR) is 130 cm³/mol. The molecule has 186 valence electrons. The molecule has 8 nitrogen and oxygen atoms in total. The lowest BCUT2D eigenvalue weighted by Gasteiger charge is -2.24. The van der Waals surface area contributed by atoms with Crippen LogP contribution in [0.15, 0.2) is 29.1 Å². The number of aliphatic carboxylic acids is 1. The van der Waals surface area contributed by atoms with Gasteiger partial charge in [-0.3, -0.25) is 0 Å². The third-order valence-corrected chi connectivity index (χ3v) is 6.36. The van der Waals surface area contributed by atoms with Gasteiger partial charge in [0.15, 0.2) is 0 Å². The van der Waals surface area contributed by atoms with E-state index in [-0.39, 0.29) is 19.4 Å². The fraction of sp³-hybridized carbons (Fsp3) is 0.565. The Balaban J connectivity index is 1.49. The van der Waals surface area contributed by atoms with Crippen LogP contribution in [0.5, 0.6) is 0 Å². The van der Waals surface area contributed by atoms with Crippen LogP contribution in [0.2, 0.25) is 0 Å². The fourth-order valence-electron chi connectivity index (χ4n) is 3.92. The second-order valence-electron chi connectivity index (χ2n) is 8.36. The number of carbonyl (C=O) groups is 1. The molecule has 0 aromatic carbocycles. The Morgan fingerprint density at radius 1 is 1.24 bits per heavy atom. The monoisotopic (exact) mass is 540 g/mol. The van der Waals surface area contributed by atoms with Gasteiger partial charge in [-0.1, -0.05) is 6.07 Å². The zero-order valence-electron chi connectivity index (χ0n) is 19.0. The first-order valence-electron chi connectivity index (χ1n) is 11.6. The minimum atomic E-state index is -2.39. The van der Waals surface area contributed by atoms with E-state index < -0.39 is 18.4 Å². The fourth-order valence-corrected chi connectivity index (χ4v) is 4.25. The average Bonchev–Trinajstić information content (AvgIpc) is 2.82. The van der Waals surface area contributed by atoms with Crippen LogP contribution >= 0.6 is 15.9 Å². The van der Waals surface area contributed by atoms with Crippen LogP contribution in [0.1, 0.15) is 43.4 Å². The Bertz CT molecular complexity index is 936.